The largest absolute Gasteiger partial charge is 0.303 e. The highest BCUT2D eigenvalue weighted by Crippen LogP contribution is 2.28. The monoisotopic (exact) mass is 123 g/mol. The van der Waals surface area contributed by atoms with Crippen molar-refractivity contribution in [2.24, 2.45) is 5.92 Å². The second-order valence-electron chi connectivity index (χ2n) is 2.63. The lowest BCUT2D eigenvalue weighted by molar-refractivity contribution is 0.712. The molecule has 1 aliphatic carbocycles. The van der Waals surface area contributed by atoms with E-state index in [4.69, 9.17) is 0 Å². The second kappa shape index (κ2) is 2.89. The molecule has 0 heterocycles. The Kier molecular flexibility index (Phi) is 2.13. The minimum absolute atomic E-state index is 0.769. The average Bonchev–Trinajstić information content (AvgIpc) is 2.48. The fourth-order valence-corrected chi connectivity index (χ4v) is 0.877. The van der Waals surface area contributed by atoms with Gasteiger partial charge >= 0.3 is 0 Å². The van der Waals surface area contributed by atoms with E-state index in [0.29, 0.717) is 0 Å². The van der Waals surface area contributed by atoms with Gasteiger partial charge in [0.15, 0.2) is 0 Å². The molecule has 0 spiro atoms. The lowest BCUT2D eigenvalue weighted by Gasteiger charge is -1.92. The lowest BCUT2D eigenvalue weighted by atomic mass is 10.5. The molecular formula is C8H13N. The smallest absolute Gasteiger partial charge is 0.0578 e. The number of rotatable bonds is 2. The van der Waals surface area contributed by atoms with Crippen LogP contribution in [0.25, 0.3) is 0 Å². The molecule has 0 amide bonds. The van der Waals surface area contributed by atoms with Gasteiger partial charge in [0.1, 0.15) is 0 Å². The van der Waals surface area contributed by atoms with Crippen LogP contribution in [0, 0.1) is 17.8 Å². The second-order valence-corrected chi connectivity index (χ2v) is 2.63. The highest BCUT2D eigenvalue weighted by atomic mass is 15.0. The summed E-state index contributed by atoms with van der Waals surface area (Å²) < 4.78 is 0. The molecule has 0 aromatic heterocycles. The van der Waals surface area contributed by atoms with Crippen molar-refractivity contribution in [3.8, 4) is 11.8 Å². The van der Waals surface area contributed by atoms with Gasteiger partial charge in [0, 0.05) is 6.04 Å². The maximum absolute atomic E-state index is 3.33. The molecule has 1 nitrogen and oxygen atoms in total. The summed E-state index contributed by atoms with van der Waals surface area (Å²) in [5.41, 5.74) is 0. The maximum Gasteiger partial charge on any atom is 0.0578 e. The molecule has 9 heavy (non-hydrogen) atoms. The summed E-state index contributed by atoms with van der Waals surface area (Å²) in [4.78, 5) is 0. The van der Waals surface area contributed by atoms with Crippen molar-refractivity contribution in [2.45, 2.75) is 26.3 Å². The molecule has 0 aromatic carbocycles. The van der Waals surface area contributed by atoms with Crippen LogP contribution >= 0.6 is 0 Å². The van der Waals surface area contributed by atoms with Gasteiger partial charge in [-0.05, 0) is 19.3 Å². The van der Waals surface area contributed by atoms with Gasteiger partial charge in [-0.3, -0.25) is 0 Å². The van der Waals surface area contributed by atoms with E-state index in [1.807, 2.05) is 6.92 Å². The fourth-order valence-electron chi connectivity index (χ4n) is 0.877. The van der Waals surface area contributed by atoms with Gasteiger partial charge in [0.05, 0.1) is 6.54 Å². The zero-order valence-electron chi connectivity index (χ0n) is 6.07. The molecule has 0 bridgehead atoms. The first-order valence-corrected chi connectivity index (χ1v) is 3.47. The molecule has 1 rings (SSSR count). The molecule has 1 aliphatic rings. The van der Waals surface area contributed by atoms with E-state index in [9.17, 15) is 0 Å². The maximum atomic E-state index is 3.33. The zero-order valence-corrected chi connectivity index (χ0v) is 6.07. The van der Waals surface area contributed by atoms with Gasteiger partial charge in [-0.25, -0.2) is 0 Å². The molecule has 1 fully saturated rings. The van der Waals surface area contributed by atoms with E-state index in [2.05, 4.69) is 24.1 Å². The van der Waals surface area contributed by atoms with Crippen molar-refractivity contribution < 1.29 is 0 Å². The summed E-state index contributed by atoms with van der Waals surface area (Å²) in [6, 6.07) is 0.769. The first kappa shape index (κ1) is 6.64. The third kappa shape index (κ3) is 2.07. The highest BCUT2D eigenvalue weighted by molar-refractivity contribution is 5.00. The molecule has 1 N–H and O–H groups in total. The normalized spacial score (nSPS) is 30.9. The summed E-state index contributed by atoms with van der Waals surface area (Å²) in [5.74, 6) is 6.72. The van der Waals surface area contributed by atoms with Crippen molar-refractivity contribution in [3.05, 3.63) is 0 Å². The summed E-state index contributed by atoms with van der Waals surface area (Å²) in [6.45, 7) is 5.00. The standard InChI is InChI=1S/C8H13N/c1-3-4-5-9-8-6-7(8)2/h7-9H,5-6H2,1-2H3. The van der Waals surface area contributed by atoms with Crippen molar-refractivity contribution in [3.63, 3.8) is 0 Å². The van der Waals surface area contributed by atoms with Gasteiger partial charge in [0.25, 0.3) is 0 Å². The van der Waals surface area contributed by atoms with E-state index in [-0.39, 0.29) is 0 Å². The van der Waals surface area contributed by atoms with Crippen LogP contribution in [-0.2, 0) is 0 Å². The SMILES string of the molecule is CC#CCNC1CC1C. The van der Waals surface area contributed by atoms with Crippen molar-refractivity contribution in [1.29, 1.82) is 0 Å². The van der Waals surface area contributed by atoms with Gasteiger partial charge in [-0.1, -0.05) is 12.8 Å². The molecule has 0 saturated heterocycles. The predicted molar refractivity (Wildman–Crippen MR) is 39.0 cm³/mol. The first-order chi connectivity index (χ1) is 4.34. The molecule has 0 aliphatic heterocycles. The summed E-state index contributed by atoms with van der Waals surface area (Å²) in [6.07, 6.45) is 1.34. The Labute approximate surface area is 56.8 Å². The summed E-state index contributed by atoms with van der Waals surface area (Å²) in [7, 11) is 0. The topological polar surface area (TPSA) is 12.0 Å². The Morgan fingerprint density at radius 2 is 2.33 bits per heavy atom. The minimum Gasteiger partial charge on any atom is -0.303 e. The Morgan fingerprint density at radius 3 is 2.78 bits per heavy atom. The molecule has 0 radical (unpaired) electrons. The quantitative estimate of drug-likeness (QED) is 0.540. The number of hydrogen-bond donors (Lipinski definition) is 1. The minimum atomic E-state index is 0.769. The van der Waals surface area contributed by atoms with Crippen LogP contribution in [0.2, 0.25) is 0 Å². The predicted octanol–water partition coefficient (Wildman–Crippen LogP) is 1.01. The van der Waals surface area contributed by atoms with Crippen molar-refractivity contribution in [1.82, 2.24) is 5.32 Å². The van der Waals surface area contributed by atoms with E-state index in [1.54, 1.807) is 0 Å². The third-order valence-electron chi connectivity index (χ3n) is 1.74. The van der Waals surface area contributed by atoms with Gasteiger partial charge < -0.3 is 5.32 Å². The van der Waals surface area contributed by atoms with Crippen LogP contribution < -0.4 is 5.32 Å². The van der Waals surface area contributed by atoms with Crippen LogP contribution in [0.1, 0.15) is 20.3 Å². The van der Waals surface area contributed by atoms with Crippen LogP contribution in [0.4, 0.5) is 0 Å². The highest BCUT2D eigenvalue weighted by Gasteiger charge is 2.31. The molecule has 0 aromatic rings. The summed E-state index contributed by atoms with van der Waals surface area (Å²) >= 11 is 0. The summed E-state index contributed by atoms with van der Waals surface area (Å²) in [5, 5.41) is 3.33. The Balaban J connectivity index is 1.98. The first-order valence-electron chi connectivity index (χ1n) is 3.47. The molecule has 2 unspecified atom stereocenters. The van der Waals surface area contributed by atoms with E-state index >= 15 is 0 Å². The molecular weight excluding hydrogens is 110 g/mol. The number of nitrogens with one attached hydrogen (secondary N) is 1. The van der Waals surface area contributed by atoms with E-state index < -0.39 is 0 Å². The number of hydrogen-bond acceptors (Lipinski definition) is 1. The van der Waals surface area contributed by atoms with E-state index in [0.717, 1.165) is 18.5 Å². The van der Waals surface area contributed by atoms with E-state index in [1.165, 1.54) is 6.42 Å². The Hall–Kier alpha value is -0.480. The van der Waals surface area contributed by atoms with Crippen LogP contribution in [0.3, 0.4) is 0 Å². The van der Waals surface area contributed by atoms with Gasteiger partial charge in [0.2, 0.25) is 0 Å². The van der Waals surface area contributed by atoms with Crippen LogP contribution in [0.5, 0.6) is 0 Å². The molecule has 1 saturated carbocycles. The zero-order chi connectivity index (χ0) is 6.69. The van der Waals surface area contributed by atoms with Crippen LogP contribution in [0.15, 0.2) is 0 Å². The van der Waals surface area contributed by atoms with Crippen molar-refractivity contribution in [2.75, 3.05) is 6.54 Å². The lowest BCUT2D eigenvalue weighted by Crippen LogP contribution is -2.17. The van der Waals surface area contributed by atoms with Crippen LogP contribution in [-0.4, -0.2) is 12.6 Å². The molecule has 2 atom stereocenters. The van der Waals surface area contributed by atoms with Crippen molar-refractivity contribution >= 4 is 0 Å². The van der Waals surface area contributed by atoms with Gasteiger partial charge in [-0.15, -0.1) is 5.92 Å². The molecule has 1 heteroatoms. The Bertz CT molecular complexity index is 140. The van der Waals surface area contributed by atoms with Gasteiger partial charge in [-0.2, -0.15) is 0 Å². The fraction of sp³-hybridized carbons (Fsp3) is 0.750. The molecule has 50 valence electrons. The third-order valence-corrected chi connectivity index (χ3v) is 1.74. The Morgan fingerprint density at radius 1 is 1.67 bits per heavy atom. The average molecular weight is 123 g/mol.